The lowest BCUT2D eigenvalue weighted by atomic mass is 10.0. The molecule has 0 unspecified atom stereocenters. The summed E-state index contributed by atoms with van der Waals surface area (Å²) in [6, 6.07) is 19.6. The van der Waals surface area contributed by atoms with Gasteiger partial charge in [0.15, 0.2) is 5.13 Å². The fourth-order valence-corrected chi connectivity index (χ4v) is 7.52. The molecule has 4 aromatic rings. The summed E-state index contributed by atoms with van der Waals surface area (Å²) in [5.41, 5.74) is 2.93. The maximum absolute atomic E-state index is 13.9. The van der Waals surface area contributed by atoms with Gasteiger partial charge in [0.1, 0.15) is 5.75 Å². The van der Waals surface area contributed by atoms with Crippen molar-refractivity contribution in [1.82, 2.24) is 9.88 Å². The molecule has 218 valence electrons. The fraction of sp³-hybridized carbons (Fsp3) is 0.333. The number of carbonyl (C=O) groups excluding carboxylic acids is 1. The van der Waals surface area contributed by atoms with E-state index in [2.05, 4.69) is 18.7 Å². The number of benzene rings is 3. The van der Waals surface area contributed by atoms with Crippen molar-refractivity contribution < 1.29 is 17.9 Å². The Labute approximate surface area is 252 Å². The first-order valence-corrected chi connectivity index (χ1v) is 15.8. The molecule has 0 aliphatic carbocycles. The van der Waals surface area contributed by atoms with Crippen molar-refractivity contribution in [1.29, 1.82) is 0 Å². The van der Waals surface area contributed by atoms with E-state index >= 15 is 0 Å². The van der Waals surface area contributed by atoms with Crippen LogP contribution in [0.4, 0.5) is 10.8 Å². The Kier molecular flexibility index (Phi) is 9.91. The Hall–Kier alpha value is -3.18. The van der Waals surface area contributed by atoms with Crippen molar-refractivity contribution >= 4 is 60.7 Å². The third-order valence-electron chi connectivity index (χ3n) is 7.35. The average molecular weight is 615 g/mol. The average Bonchev–Trinajstić information content (AvgIpc) is 3.41. The van der Waals surface area contributed by atoms with Gasteiger partial charge >= 0.3 is 0 Å². The number of hydrogen-bond donors (Lipinski definition) is 0. The van der Waals surface area contributed by atoms with Crippen molar-refractivity contribution in [3.63, 3.8) is 0 Å². The summed E-state index contributed by atoms with van der Waals surface area (Å²) in [6.07, 6.45) is 1.62. The number of hydrogen-bond acceptors (Lipinski definition) is 7. The number of rotatable bonds is 10. The maximum atomic E-state index is 13.9. The fourth-order valence-electron chi connectivity index (χ4n) is 5.00. The van der Waals surface area contributed by atoms with Crippen molar-refractivity contribution in [2.24, 2.45) is 0 Å². The van der Waals surface area contributed by atoms with Crippen LogP contribution >= 0.6 is 23.7 Å². The molecule has 8 nitrogen and oxygen atoms in total. The molecule has 0 fully saturated rings. The lowest BCUT2D eigenvalue weighted by molar-refractivity contribution is 0.0983. The Morgan fingerprint density at radius 3 is 2.46 bits per heavy atom. The van der Waals surface area contributed by atoms with E-state index in [1.165, 1.54) is 27.8 Å². The predicted octanol–water partition coefficient (Wildman–Crippen LogP) is 5.86. The van der Waals surface area contributed by atoms with Gasteiger partial charge in [0, 0.05) is 31.3 Å². The first-order valence-electron chi connectivity index (χ1n) is 13.5. The Balaban J connectivity index is 0.00000387. The van der Waals surface area contributed by atoms with Crippen molar-refractivity contribution in [3.8, 4) is 5.75 Å². The number of likely N-dealkylation sites (N-methyl/N-ethyl adjacent to an activating group) is 1. The molecule has 1 aliphatic rings. The topological polar surface area (TPSA) is 83.1 Å². The van der Waals surface area contributed by atoms with Gasteiger partial charge in [0.05, 0.1) is 27.9 Å². The molecule has 11 heteroatoms. The molecule has 0 atom stereocenters. The highest BCUT2D eigenvalue weighted by Crippen LogP contribution is 2.33. The number of ether oxygens (including phenoxy) is 1. The highest BCUT2D eigenvalue weighted by Gasteiger charge is 2.29. The molecule has 0 bridgehead atoms. The van der Waals surface area contributed by atoms with Crippen LogP contribution in [0.25, 0.3) is 10.2 Å². The first-order chi connectivity index (χ1) is 19.3. The van der Waals surface area contributed by atoms with Crippen LogP contribution in [0.5, 0.6) is 5.75 Å². The van der Waals surface area contributed by atoms with Crippen LogP contribution in [0.3, 0.4) is 0 Å². The van der Waals surface area contributed by atoms with Crippen LogP contribution in [0.2, 0.25) is 0 Å². The van der Waals surface area contributed by atoms with Gasteiger partial charge in [-0.15, -0.1) is 12.4 Å². The minimum Gasteiger partial charge on any atom is -0.497 e. The molecule has 1 aliphatic heterocycles. The number of fused-ring (bicyclic) bond motifs is 2. The van der Waals surface area contributed by atoms with Crippen LogP contribution in [0, 0.1) is 0 Å². The minimum atomic E-state index is -3.76. The number of thiazole rings is 1. The summed E-state index contributed by atoms with van der Waals surface area (Å²) in [5, 5.41) is 0.599. The largest absolute Gasteiger partial charge is 0.497 e. The molecule has 0 saturated heterocycles. The van der Waals surface area contributed by atoms with Gasteiger partial charge in [0.2, 0.25) is 0 Å². The van der Waals surface area contributed by atoms with Gasteiger partial charge in [-0.2, -0.15) is 0 Å². The Bertz CT molecular complexity index is 1600. The zero-order valence-corrected chi connectivity index (χ0v) is 25.9. The van der Waals surface area contributed by atoms with Crippen LogP contribution in [0.15, 0.2) is 71.6 Å². The molecular weight excluding hydrogens is 580 g/mol. The second-order valence-corrected chi connectivity index (χ2v) is 12.5. The number of carbonyl (C=O) groups is 1. The molecular formula is C30H35ClN4O4S2. The van der Waals surface area contributed by atoms with Crippen LogP contribution < -0.4 is 13.9 Å². The third kappa shape index (κ3) is 6.35. The molecule has 0 N–H and O–H groups in total. The SMILES string of the molecule is CCN(CC)CCN(C(=O)c1ccc(S(=O)(=O)N2CCCc3ccccc32)cc1)c1nc2cc(OC)ccc2s1.Cl. The number of methoxy groups -OCH3 is 1. The number of amides is 1. The van der Waals surface area contributed by atoms with Crippen molar-refractivity contribution in [3.05, 3.63) is 77.9 Å². The number of aryl methyl sites for hydroxylation is 1. The number of sulfonamides is 1. The van der Waals surface area contributed by atoms with E-state index in [-0.39, 0.29) is 23.2 Å². The number of anilines is 2. The number of halogens is 1. The zero-order valence-electron chi connectivity index (χ0n) is 23.4. The van der Waals surface area contributed by atoms with E-state index < -0.39 is 10.0 Å². The molecule has 0 saturated carbocycles. The summed E-state index contributed by atoms with van der Waals surface area (Å²) in [4.78, 5) is 22.7. The van der Waals surface area contributed by atoms with E-state index in [0.29, 0.717) is 36.1 Å². The lowest BCUT2D eigenvalue weighted by Crippen LogP contribution is -2.39. The van der Waals surface area contributed by atoms with Gasteiger partial charge in [-0.1, -0.05) is 43.4 Å². The molecule has 0 spiro atoms. The van der Waals surface area contributed by atoms with E-state index in [0.717, 1.165) is 47.4 Å². The van der Waals surface area contributed by atoms with E-state index in [9.17, 15) is 13.2 Å². The quantitative estimate of drug-likeness (QED) is 0.223. The van der Waals surface area contributed by atoms with Crippen LogP contribution in [-0.4, -0.2) is 64.0 Å². The van der Waals surface area contributed by atoms with Crippen molar-refractivity contribution in [2.45, 2.75) is 31.6 Å². The summed E-state index contributed by atoms with van der Waals surface area (Å²) >= 11 is 1.45. The summed E-state index contributed by atoms with van der Waals surface area (Å²) < 4.78 is 35.0. The summed E-state index contributed by atoms with van der Waals surface area (Å²) in [6.45, 7) is 7.53. The Morgan fingerprint density at radius 2 is 1.76 bits per heavy atom. The van der Waals surface area contributed by atoms with E-state index in [4.69, 9.17) is 9.72 Å². The van der Waals surface area contributed by atoms with E-state index in [1.807, 2.05) is 42.5 Å². The van der Waals surface area contributed by atoms with Gasteiger partial charge < -0.3 is 9.64 Å². The monoisotopic (exact) mass is 614 g/mol. The normalized spacial score (nSPS) is 13.1. The lowest BCUT2D eigenvalue weighted by Gasteiger charge is -2.30. The second-order valence-electron chi connectivity index (χ2n) is 9.65. The minimum absolute atomic E-state index is 0. The first kappa shape index (κ1) is 30.8. The van der Waals surface area contributed by atoms with Gasteiger partial charge in [0.25, 0.3) is 15.9 Å². The predicted molar refractivity (Wildman–Crippen MR) is 169 cm³/mol. The molecule has 1 amide bonds. The molecule has 0 radical (unpaired) electrons. The van der Waals surface area contributed by atoms with Gasteiger partial charge in [-0.25, -0.2) is 13.4 Å². The van der Waals surface area contributed by atoms with E-state index in [1.54, 1.807) is 24.1 Å². The molecule has 2 heterocycles. The smallest absolute Gasteiger partial charge is 0.264 e. The van der Waals surface area contributed by atoms with Crippen molar-refractivity contribution in [2.75, 3.05) is 49.0 Å². The highest BCUT2D eigenvalue weighted by molar-refractivity contribution is 7.92. The molecule has 3 aromatic carbocycles. The van der Waals surface area contributed by atoms with Crippen LogP contribution in [-0.2, 0) is 16.4 Å². The summed E-state index contributed by atoms with van der Waals surface area (Å²) in [5.74, 6) is 0.490. The molecule has 41 heavy (non-hydrogen) atoms. The standard InChI is InChI=1S/C30H34N4O4S2.ClH/c1-4-32(5-2)19-20-33(30-31-26-21-24(38-3)14-17-28(26)39-30)29(35)23-12-15-25(16-13-23)40(36,37)34-18-8-10-22-9-6-7-11-27(22)34;/h6-7,9,11-17,21H,4-5,8,10,18-20H2,1-3H3;1H. The van der Waals surface area contributed by atoms with Gasteiger partial charge in [-0.05, 0) is 74.0 Å². The summed E-state index contributed by atoms with van der Waals surface area (Å²) in [7, 11) is -2.15. The number of nitrogens with zero attached hydrogens (tertiary/aromatic N) is 4. The zero-order chi connectivity index (χ0) is 28.3. The highest BCUT2D eigenvalue weighted by atomic mass is 35.5. The maximum Gasteiger partial charge on any atom is 0.264 e. The number of para-hydroxylation sites is 1. The third-order valence-corrected chi connectivity index (χ3v) is 10.2. The molecule has 1 aromatic heterocycles. The van der Waals surface area contributed by atoms with Crippen LogP contribution in [0.1, 0.15) is 36.2 Å². The number of aromatic nitrogens is 1. The second kappa shape index (κ2) is 13.2. The molecule has 5 rings (SSSR count). The Morgan fingerprint density at radius 1 is 1.02 bits per heavy atom. The van der Waals surface area contributed by atoms with Gasteiger partial charge in [-0.3, -0.25) is 14.0 Å².